The first kappa shape index (κ1) is 19.7. The van der Waals surface area contributed by atoms with Crippen molar-refractivity contribution in [1.82, 2.24) is 20.2 Å². The molecule has 0 aliphatic rings. The zero-order valence-electron chi connectivity index (χ0n) is 15.9. The molecule has 0 unspecified atom stereocenters. The summed E-state index contributed by atoms with van der Waals surface area (Å²) < 4.78 is 5.09. The lowest BCUT2D eigenvalue weighted by Gasteiger charge is -2.05. The first-order valence-corrected chi connectivity index (χ1v) is 9.73. The number of thiophene rings is 1. The van der Waals surface area contributed by atoms with Crippen molar-refractivity contribution in [2.24, 2.45) is 0 Å². The van der Waals surface area contributed by atoms with Crippen molar-refractivity contribution >= 4 is 28.2 Å². The van der Waals surface area contributed by atoms with Gasteiger partial charge in [0, 0.05) is 10.4 Å². The van der Waals surface area contributed by atoms with Gasteiger partial charge in [-0.25, -0.2) is 4.79 Å². The van der Waals surface area contributed by atoms with Gasteiger partial charge < -0.3 is 10.1 Å². The number of benzene rings is 1. The molecule has 3 rings (SSSR count). The second-order valence-corrected chi connectivity index (χ2v) is 7.41. The number of anilines is 1. The van der Waals surface area contributed by atoms with E-state index in [-0.39, 0.29) is 25.0 Å². The van der Waals surface area contributed by atoms with Crippen LogP contribution in [0.25, 0.3) is 11.4 Å². The normalized spacial score (nSPS) is 10.9. The quantitative estimate of drug-likeness (QED) is 0.612. The van der Waals surface area contributed by atoms with E-state index in [2.05, 4.69) is 20.7 Å². The van der Waals surface area contributed by atoms with Crippen molar-refractivity contribution in [2.75, 3.05) is 11.9 Å². The fourth-order valence-corrected chi connectivity index (χ4v) is 3.52. The largest absolute Gasteiger partial charge is 0.462 e. The number of hydrogen-bond acceptors (Lipinski definition) is 7. The van der Waals surface area contributed by atoms with Gasteiger partial charge in [-0.1, -0.05) is 44.2 Å². The number of carbonyl (C=O) groups excluding carboxylic acids is 2. The van der Waals surface area contributed by atoms with Crippen LogP contribution in [0, 0.1) is 0 Å². The minimum Gasteiger partial charge on any atom is -0.462 e. The average Bonchev–Trinajstić information content (AvgIpc) is 3.30. The molecule has 0 fully saturated rings. The molecule has 0 saturated heterocycles. The number of ether oxygens (including phenoxy) is 1. The van der Waals surface area contributed by atoms with Crippen LogP contribution in [-0.4, -0.2) is 38.7 Å². The Morgan fingerprint density at radius 3 is 2.68 bits per heavy atom. The number of nitrogens with zero attached hydrogens (tertiary/aromatic N) is 4. The summed E-state index contributed by atoms with van der Waals surface area (Å²) in [6, 6.07) is 11.2. The van der Waals surface area contributed by atoms with Gasteiger partial charge in [-0.3, -0.25) is 4.79 Å². The molecule has 0 aliphatic carbocycles. The van der Waals surface area contributed by atoms with Crippen molar-refractivity contribution in [1.29, 1.82) is 0 Å². The Morgan fingerprint density at radius 1 is 1.25 bits per heavy atom. The number of tetrazole rings is 1. The summed E-state index contributed by atoms with van der Waals surface area (Å²) in [6.45, 7) is 5.95. The SMILES string of the molecule is CCOC(=O)c1cc(C(C)C)sc1NC(=O)Cn1nnc(-c2ccccc2)n1. The van der Waals surface area contributed by atoms with E-state index in [0.29, 0.717) is 16.4 Å². The topological polar surface area (TPSA) is 99.0 Å². The van der Waals surface area contributed by atoms with Gasteiger partial charge in [0.05, 0.1) is 12.2 Å². The molecule has 8 nitrogen and oxygen atoms in total. The summed E-state index contributed by atoms with van der Waals surface area (Å²) in [5, 5.41) is 15.4. The molecule has 0 radical (unpaired) electrons. The second kappa shape index (κ2) is 8.75. The van der Waals surface area contributed by atoms with Crippen molar-refractivity contribution in [2.45, 2.75) is 33.2 Å². The van der Waals surface area contributed by atoms with Crippen LogP contribution < -0.4 is 5.32 Å². The Kier molecular flexibility index (Phi) is 6.15. The Morgan fingerprint density at radius 2 is 2.00 bits per heavy atom. The first-order chi connectivity index (χ1) is 13.5. The molecule has 3 aromatic rings. The molecule has 2 aromatic heterocycles. The van der Waals surface area contributed by atoms with E-state index in [0.717, 1.165) is 10.4 Å². The molecule has 1 N–H and O–H groups in total. The maximum absolute atomic E-state index is 12.5. The number of rotatable bonds is 7. The van der Waals surface area contributed by atoms with Gasteiger partial charge in [0.15, 0.2) is 0 Å². The third kappa shape index (κ3) is 4.61. The highest BCUT2D eigenvalue weighted by atomic mass is 32.1. The summed E-state index contributed by atoms with van der Waals surface area (Å²) >= 11 is 1.36. The standard InChI is InChI=1S/C19H21N5O3S/c1-4-27-19(26)14-10-15(12(2)3)28-18(14)20-16(25)11-24-22-17(21-23-24)13-8-6-5-7-9-13/h5-10,12H,4,11H2,1-3H3,(H,20,25). The zero-order valence-corrected chi connectivity index (χ0v) is 16.7. The van der Waals surface area contributed by atoms with E-state index >= 15 is 0 Å². The molecule has 0 bridgehead atoms. The van der Waals surface area contributed by atoms with Gasteiger partial charge in [0.1, 0.15) is 11.5 Å². The van der Waals surface area contributed by atoms with E-state index < -0.39 is 5.97 Å². The average molecular weight is 399 g/mol. The molecule has 146 valence electrons. The number of amides is 1. The molecule has 0 spiro atoms. The van der Waals surface area contributed by atoms with Crippen LogP contribution in [0.1, 0.15) is 41.9 Å². The Hall–Kier alpha value is -3.07. The van der Waals surface area contributed by atoms with E-state index in [1.165, 1.54) is 16.1 Å². The van der Waals surface area contributed by atoms with Gasteiger partial charge >= 0.3 is 5.97 Å². The molecule has 0 atom stereocenters. The van der Waals surface area contributed by atoms with Gasteiger partial charge in [-0.05, 0) is 24.1 Å². The molecule has 2 heterocycles. The molecule has 1 aromatic carbocycles. The number of hydrogen-bond donors (Lipinski definition) is 1. The highest BCUT2D eigenvalue weighted by molar-refractivity contribution is 7.16. The van der Waals surface area contributed by atoms with Gasteiger partial charge in [-0.15, -0.1) is 21.5 Å². The van der Waals surface area contributed by atoms with Crippen molar-refractivity contribution in [3.8, 4) is 11.4 Å². The Balaban J connectivity index is 1.73. The van der Waals surface area contributed by atoms with Crippen molar-refractivity contribution in [3.05, 3.63) is 46.8 Å². The lowest BCUT2D eigenvalue weighted by atomic mass is 10.1. The van der Waals surface area contributed by atoms with Crippen molar-refractivity contribution in [3.63, 3.8) is 0 Å². The Labute approximate surface area is 166 Å². The monoisotopic (exact) mass is 399 g/mol. The number of esters is 1. The Bertz CT molecular complexity index is 965. The minimum absolute atomic E-state index is 0.114. The van der Waals surface area contributed by atoms with Crippen LogP contribution in [-0.2, 0) is 16.1 Å². The smallest absolute Gasteiger partial charge is 0.341 e. The summed E-state index contributed by atoms with van der Waals surface area (Å²) in [6.07, 6.45) is 0. The van der Waals surface area contributed by atoms with Crippen LogP contribution in [0.3, 0.4) is 0 Å². The van der Waals surface area contributed by atoms with Gasteiger partial charge in [0.2, 0.25) is 11.7 Å². The predicted molar refractivity (Wildman–Crippen MR) is 106 cm³/mol. The molecular formula is C19H21N5O3S. The highest BCUT2D eigenvalue weighted by Gasteiger charge is 2.20. The van der Waals surface area contributed by atoms with Gasteiger partial charge in [0.25, 0.3) is 0 Å². The van der Waals surface area contributed by atoms with Gasteiger partial charge in [-0.2, -0.15) is 4.80 Å². The summed E-state index contributed by atoms with van der Waals surface area (Å²) in [4.78, 5) is 26.9. The van der Waals surface area contributed by atoms with Crippen LogP contribution in [0.4, 0.5) is 5.00 Å². The minimum atomic E-state index is -0.453. The van der Waals surface area contributed by atoms with E-state index in [1.54, 1.807) is 13.0 Å². The van der Waals surface area contributed by atoms with Crippen LogP contribution in [0.5, 0.6) is 0 Å². The van der Waals surface area contributed by atoms with E-state index in [4.69, 9.17) is 4.74 Å². The lowest BCUT2D eigenvalue weighted by molar-refractivity contribution is -0.117. The van der Waals surface area contributed by atoms with Crippen molar-refractivity contribution < 1.29 is 14.3 Å². The number of aromatic nitrogens is 4. The molecule has 0 aliphatic heterocycles. The fourth-order valence-electron chi connectivity index (χ4n) is 2.46. The second-order valence-electron chi connectivity index (χ2n) is 6.32. The maximum Gasteiger partial charge on any atom is 0.341 e. The fraction of sp³-hybridized carbons (Fsp3) is 0.316. The van der Waals surface area contributed by atoms with Crippen LogP contribution >= 0.6 is 11.3 Å². The maximum atomic E-state index is 12.5. The highest BCUT2D eigenvalue weighted by Crippen LogP contribution is 2.33. The lowest BCUT2D eigenvalue weighted by Crippen LogP contribution is -2.21. The third-order valence-corrected chi connectivity index (χ3v) is 5.19. The number of carbonyl (C=O) groups is 2. The van der Waals surface area contributed by atoms with E-state index in [1.807, 2.05) is 44.2 Å². The van der Waals surface area contributed by atoms with E-state index in [9.17, 15) is 9.59 Å². The van der Waals surface area contributed by atoms with Crippen LogP contribution in [0.2, 0.25) is 0 Å². The molecule has 0 saturated carbocycles. The molecular weight excluding hydrogens is 378 g/mol. The molecule has 1 amide bonds. The number of nitrogens with one attached hydrogen (secondary N) is 1. The predicted octanol–water partition coefficient (Wildman–Crippen LogP) is 3.34. The summed E-state index contributed by atoms with van der Waals surface area (Å²) in [5.41, 5.74) is 1.18. The third-order valence-electron chi connectivity index (χ3n) is 3.84. The van der Waals surface area contributed by atoms with Crippen LogP contribution in [0.15, 0.2) is 36.4 Å². The first-order valence-electron chi connectivity index (χ1n) is 8.91. The summed E-state index contributed by atoms with van der Waals surface area (Å²) in [5.74, 6) is -0.126. The molecule has 28 heavy (non-hydrogen) atoms. The molecule has 9 heteroatoms. The summed E-state index contributed by atoms with van der Waals surface area (Å²) in [7, 11) is 0. The zero-order chi connectivity index (χ0) is 20.1.